The first-order chi connectivity index (χ1) is 15.5. The zero-order chi connectivity index (χ0) is 24.9. The van der Waals surface area contributed by atoms with Crippen LogP contribution in [0.5, 0.6) is 0 Å². The van der Waals surface area contributed by atoms with Gasteiger partial charge < -0.3 is 9.64 Å². The number of carbonyl (C=O) groups is 2. The monoisotopic (exact) mass is 457 g/mol. The van der Waals surface area contributed by atoms with Gasteiger partial charge in [-0.05, 0) is 117 Å². The first-order valence-electron chi connectivity index (χ1n) is 12.9. The van der Waals surface area contributed by atoms with E-state index in [4.69, 9.17) is 4.74 Å². The number of hydrogen-bond donors (Lipinski definition) is 0. The van der Waals surface area contributed by atoms with Crippen molar-refractivity contribution < 1.29 is 14.3 Å². The molecule has 0 bridgehead atoms. The molecule has 1 aliphatic rings. The predicted molar refractivity (Wildman–Crippen MR) is 136 cm³/mol. The van der Waals surface area contributed by atoms with E-state index in [0.29, 0.717) is 37.1 Å². The maximum atomic E-state index is 13.2. The number of hydrogen-bond acceptors (Lipinski definition) is 3. The van der Waals surface area contributed by atoms with E-state index < -0.39 is 0 Å². The van der Waals surface area contributed by atoms with Gasteiger partial charge in [-0.1, -0.05) is 20.3 Å². The number of benzene rings is 1. The molecule has 4 atom stereocenters. The highest BCUT2D eigenvalue weighted by molar-refractivity contribution is 5.76. The molecule has 1 fully saturated rings. The summed E-state index contributed by atoms with van der Waals surface area (Å²) in [5, 5.41) is 0. The fourth-order valence-corrected chi connectivity index (χ4v) is 5.89. The molecule has 0 aliphatic heterocycles. The summed E-state index contributed by atoms with van der Waals surface area (Å²) in [4.78, 5) is 26.7. The molecule has 2 rings (SSSR count). The van der Waals surface area contributed by atoms with Gasteiger partial charge >= 0.3 is 5.97 Å². The van der Waals surface area contributed by atoms with Crippen LogP contribution in [0.15, 0.2) is 0 Å². The molecule has 1 aliphatic carbocycles. The van der Waals surface area contributed by atoms with Crippen LogP contribution in [0.3, 0.4) is 0 Å². The fraction of sp³-hybridized carbons (Fsp3) is 0.724. The lowest BCUT2D eigenvalue weighted by atomic mass is 9.77. The van der Waals surface area contributed by atoms with Gasteiger partial charge in [-0.2, -0.15) is 0 Å². The third kappa shape index (κ3) is 6.61. The Labute approximate surface area is 202 Å². The maximum Gasteiger partial charge on any atom is 0.305 e. The fourth-order valence-electron chi connectivity index (χ4n) is 5.89. The van der Waals surface area contributed by atoms with E-state index in [1.807, 2.05) is 11.9 Å². The Balaban J connectivity index is 2.04. The van der Waals surface area contributed by atoms with Gasteiger partial charge in [-0.15, -0.1) is 0 Å². The second-order valence-corrected chi connectivity index (χ2v) is 10.7. The summed E-state index contributed by atoms with van der Waals surface area (Å²) in [6.07, 6.45) is 6.34. The molecule has 186 valence electrons. The Morgan fingerprint density at radius 2 is 1.48 bits per heavy atom. The Morgan fingerprint density at radius 1 is 0.909 bits per heavy atom. The van der Waals surface area contributed by atoms with E-state index in [-0.39, 0.29) is 11.9 Å². The Bertz CT molecular complexity index is 815. The van der Waals surface area contributed by atoms with E-state index in [1.54, 1.807) is 0 Å². The van der Waals surface area contributed by atoms with Crippen LogP contribution in [0.2, 0.25) is 0 Å². The molecule has 0 N–H and O–H groups in total. The molecule has 4 heteroatoms. The molecule has 4 nitrogen and oxygen atoms in total. The lowest BCUT2D eigenvalue weighted by Crippen LogP contribution is -2.29. The quantitative estimate of drug-likeness (QED) is 0.371. The molecule has 0 saturated heterocycles. The molecule has 1 aromatic rings. The Kier molecular flexibility index (Phi) is 10.00. The number of methoxy groups -OCH3 is 1. The van der Waals surface area contributed by atoms with Gasteiger partial charge in [0.1, 0.15) is 0 Å². The van der Waals surface area contributed by atoms with Gasteiger partial charge in [-0.25, -0.2) is 0 Å². The van der Waals surface area contributed by atoms with Crippen LogP contribution in [-0.4, -0.2) is 30.9 Å². The normalized spacial score (nSPS) is 21.2. The van der Waals surface area contributed by atoms with Crippen LogP contribution >= 0.6 is 0 Å². The number of carbonyl (C=O) groups excluding carboxylic acids is 2. The summed E-state index contributed by atoms with van der Waals surface area (Å²) < 4.78 is 4.83. The lowest BCUT2D eigenvalue weighted by molar-refractivity contribution is -0.140. The smallest absolute Gasteiger partial charge is 0.305 e. The van der Waals surface area contributed by atoms with E-state index in [1.165, 1.54) is 53.3 Å². The number of rotatable bonds is 10. The van der Waals surface area contributed by atoms with E-state index >= 15 is 0 Å². The SMILES string of the molecule is COC(=O)CCCC(CCC(=O)N(C)Cc1c(C)c(C)c(C)c(C)c1C)C1CCC(C)C1C. The molecular formula is C29H47NO3. The van der Waals surface area contributed by atoms with E-state index in [0.717, 1.165) is 25.2 Å². The lowest BCUT2D eigenvalue weighted by Gasteiger charge is -2.29. The Morgan fingerprint density at radius 3 is 2.00 bits per heavy atom. The predicted octanol–water partition coefficient (Wildman–Crippen LogP) is 6.61. The summed E-state index contributed by atoms with van der Waals surface area (Å²) in [5.74, 6) is 2.68. The molecule has 1 aromatic carbocycles. The Hall–Kier alpha value is -1.84. The number of nitrogens with zero attached hydrogens (tertiary/aromatic N) is 1. The third-order valence-corrected chi connectivity index (χ3v) is 9.02. The van der Waals surface area contributed by atoms with Crippen LogP contribution < -0.4 is 0 Å². The van der Waals surface area contributed by atoms with Crippen molar-refractivity contribution in [2.24, 2.45) is 23.7 Å². The summed E-state index contributed by atoms with van der Waals surface area (Å²) >= 11 is 0. The van der Waals surface area contributed by atoms with E-state index in [9.17, 15) is 9.59 Å². The third-order valence-electron chi connectivity index (χ3n) is 9.02. The van der Waals surface area contributed by atoms with Crippen molar-refractivity contribution in [2.75, 3.05) is 14.2 Å². The van der Waals surface area contributed by atoms with Crippen molar-refractivity contribution >= 4 is 11.9 Å². The van der Waals surface area contributed by atoms with Crippen molar-refractivity contribution in [3.63, 3.8) is 0 Å². The molecule has 33 heavy (non-hydrogen) atoms. The summed E-state index contributed by atoms with van der Waals surface area (Å²) in [6.45, 7) is 16.3. The molecule has 0 heterocycles. The van der Waals surface area contributed by atoms with Crippen LogP contribution in [0.1, 0.15) is 92.2 Å². The number of esters is 1. The highest BCUT2D eigenvalue weighted by Gasteiger charge is 2.35. The minimum Gasteiger partial charge on any atom is -0.469 e. The molecule has 4 unspecified atom stereocenters. The molecular weight excluding hydrogens is 410 g/mol. The van der Waals surface area contributed by atoms with Crippen molar-refractivity contribution in [3.8, 4) is 0 Å². The van der Waals surface area contributed by atoms with Crippen molar-refractivity contribution in [3.05, 3.63) is 33.4 Å². The molecule has 0 spiro atoms. The zero-order valence-corrected chi connectivity index (χ0v) is 22.6. The summed E-state index contributed by atoms with van der Waals surface area (Å²) in [7, 11) is 3.40. The second-order valence-electron chi connectivity index (χ2n) is 10.7. The second kappa shape index (κ2) is 12.0. The highest BCUT2D eigenvalue weighted by atomic mass is 16.5. The average Bonchev–Trinajstić information content (AvgIpc) is 3.13. The number of amides is 1. The maximum absolute atomic E-state index is 13.2. The molecule has 0 aromatic heterocycles. The van der Waals surface area contributed by atoms with Crippen molar-refractivity contribution in [1.82, 2.24) is 4.90 Å². The standard InChI is InChI=1S/C29H47NO3/c1-18-13-15-26(19(18)2)25(11-10-12-29(32)33-9)14-16-28(31)30(8)17-27-23(6)21(4)20(3)22(5)24(27)7/h18-19,25-26H,10-17H2,1-9H3. The van der Waals surface area contributed by atoms with Crippen molar-refractivity contribution in [1.29, 1.82) is 0 Å². The topological polar surface area (TPSA) is 46.6 Å². The van der Waals surface area contributed by atoms with Gasteiger partial charge in [-0.3, -0.25) is 9.59 Å². The minimum atomic E-state index is -0.133. The van der Waals surface area contributed by atoms with E-state index in [2.05, 4.69) is 48.5 Å². The van der Waals surface area contributed by atoms with Crippen LogP contribution in [0.25, 0.3) is 0 Å². The van der Waals surface area contributed by atoms with Crippen LogP contribution in [0, 0.1) is 58.3 Å². The highest BCUT2D eigenvalue weighted by Crippen LogP contribution is 2.44. The minimum absolute atomic E-state index is 0.133. The molecule has 1 amide bonds. The molecule has 0 radical (unpaired) electrons. The van der Waals surface area contributed by atoms with Gasteiger partial charge in [0.2, 0.25) is 5.91 Å². The average molecular weight is 458 g/mol. The first kappa shape index (κ1) is 27.4. The molecule has 1 saturated carbocycles. The number of ether oxygens (including phenoxy) is 1. The van der Waals surface area contributed by atoms with Gasteiger partial charge in [0, 0.05) is 26.4 Å². The van der Waals surface area contributed by atoms with Crippen LogP contribution in [-0.2, 0) is 20.9 Å². The van der Waals surface area contributed by atoms with Crippen molar-refractivity contribution in [2.45, 2.75) is 100.0 Å². The summed E-state index contributed by atoms with van der Waals surface area (Å²) in [6, 6.07) is 0. The van der Waals surface area contributed by atoms with Gasteiger partial charge in [0.15, 0.2) is 0 Å². The van der Waals surface area contributed by atoms with Gasteiger partial charge in [0.05, 0.1) is 7.11 Å². The zero-order valence-electron chi connectivity index (χ0n) is 22.6. The van der Waals surface area contributed by atoms with Gasteiger partial charge in [0.25, 0.3) is 0 Å². The first-order valence-corrected chi connectivity index (χ1v) is 12.9. The van der Waals surface area contributed by atoms with Crippen LogP contribution in [0.4, 0.5) is 0 Å². The largest absolute Gasteiger partial charge is 0.469 e. The summed E-state index contributed by atoms with van der Waals surface area (Å²) in [5.41, 5.74) is 7.94.